The molecule has 5 rings (SSSR count). The molecule has 4 aromatic rings. The summed E-state index contributed by atoms with van der Waals surface area (Å²) in [6.45, 7) is 0. The number of amides is 2. The molecule has 0 spiro atoms. The summed E-state index contributed by atoms with van der Waals surface area (Å²) in [5, 5.41) is 19.5. The highest BCUT2D eigenvalue weighted by Crippen LogP contribution is 2.37. The zero-order chi connectivity index (χ0) is 26.8. The van der Waals surface area contributed by atoms with Crippen LogP contribution in [0.5, 0.6) is 0 Å². The highest BCUT2D eigenvalue weighted by molar-refractivity contribution is 8.02. The average molecular weight is 578 g/mol. The number of nitro groups is 1. The molecular weight excluding hydrogens is 563 g/mol. The van der Waals surface area contributed by atoms with Crippen molar-refractivity contribution in [3.8, 4) is 0 Å². The second-order valence-corrected chi connectivity index (χ2v) is 11.5. The maximum Gasteiger partial charge on any atom is 0.283 e. The van der Waals surface area contributed by atoms with Gasteiger partial charge < -0.3 is 0 Å². The van der Waals surface area contributed by atoms with Gasteiger partial charge in [-0.15, -0.1) is 0 Å². The van der Waals surface area contributed by atoms with E-state index in [4.69, 9.17) is 17.6 Å². The van der Waals surface area contributed by atoms with Gasteiger partial charge in [0, 0.05) is 6.07 Å². The monoisotopic (exact) mass is 577 g/mol. The van der Waals surface area contributed by atoms with Crippen LogP contribution in [0, 0.1) is 15.5 Å². The van der Waals surface area contributed by atoms with E-state index in [1.54, 1.807) is 66.7 Å². The first-order valence-corrected chi connectivity index (χ1v) is 14.2. The van der Waals surface area contributed by atoms with Crippen LogP contribution in [0.4, 0.5) is 17.1 Å². The van der Waals surface area contributed by atoms with Gasteiger partial charge in [0.15, 0.2) is 9.45 Å². The average Bonchev–Trinajstić information content (AvgIpc) is 3.33. The van der Waals surface area contributed by atoms with Gasteiger partial charge in [-0.2, -0.15) is 0 Å². The number of hydrogen-bond acceptors (Lipinski definition) is 10. The molecule has 2 amide bonds. The molecule has 1 aliphatic heterocycles. The van der Waals surface area contributed by atoms with Crippen molar-refractivity contribution in [1.29, 1.82) is 5.41 Å². The van der Waals surface area contributed by atoms with Gasteiger partial charge in [0.05, 0.1) is 21.2 Å². The fourth-order valence-electron chi connectivity index (χ4n) is 3.69. The zero-order valence-corrected chi connectivity index (χ0v) is 22.4. The summed E-state index contributed by atoms with van der Waals surface area (Å²) < 4.78 is 0.511. The van der Waals surface area contributed by atoms with E-state index in [9.17, 15) is 19.7 Å². The third kappa shape index (κ3) is 5.04. The van der Waals surface area contributed by atoms with Gasteiger partial charge in [0.25, 0.3) is 17.5 Å². The number of hydrogen-bond donors (Lipinski definition) is 1. The van der Waals surface area contributed by atoms with E-state index in [-0.39, 0.29) is 21.2 Å². The van der Waals surface area contributed by atoms with Gasteiger partial charge >= 0.3 is 0 Å². The number of benzene rings is 3. The number of aromatic nitrogens is 1. The topological polar surface area (TPSA) is 121 Å². The lowest BCUT2D eigenvalue weighted by Crippen LogP contribution is -2.56. The summed E-state index contributed by atoms with van der Waals surface area (Å²) in [7, 11) is 2.42. The molecular formula is C25H15N5O4S4. The molecule has 1 N–H and O–H groups in total. The molecule has 188 valence electrons. The Morgan fingerprint density at radius 2 is 1.50 bits per heavy atom. The molecule has 1 saturated heterocycles. The van der Waals surface area contributed by atoms with Crippen molar-refractivity contribution in [2.24, 2.45) is 0 Å². The highest BCUT2D eigenvalue weighted by Gasteiger charge is 2.41. The molecule has 3 aromatic carbocycles. The Bertz CT molecular complexity index is 1600. The second-order valence-electron chi connectivity index (χ2n) is 7.73. The minimum absolute atomic E-state index is 0.00514. The number of nitrogens with zero attached hydrogens (tertiary/aromatic N) is 4. The van der Waals surface area contributed by atoms with Gasteiger partial charge in [-0.05, 0) is 74.9 Å². The first-order chi connectivity index (χ1) is 18.3. The van der Waals surface area contributed by atoms with Crippen LogP contribution in [-0.2, 0) is 9.59 Å². The Morgan fingerprint density at radius 3 is 2.00 bits per heavy atom. The van der Waals surface area contributed by atoms with Crippen LogP contribution in [0.1, 0.15) is 5.56 Å². The van der Waals surface area contributed by atoms with Crippen LogP contribution in [0.15, 0.2) is 93.7 Å². The lowest BCUT2D eigenvalue weighted by molar-refractivity contribution is -0.387. The third-order valence-corrected chi connectivity index (χ3v) is 9.13. The predicted octanol–water partition coefficient (Wildman–Crippen LogP) is 5.49. The number of rotatable bonds is 6. The largest absolute Gasteiger partial charge is 0.283 e. The molecule has 2 heterocycles. The molecule has 13 heteroatoms. The SMILES string of the molecule is N=c1nc(Sc2ccc(C=C3C(=O)N(c4ccccc4)C(=S)N(c4ccccc4)C3=O)cc2[N+](=O)[O-])ss1. The zero-order valence-electron chi connectivity index (χ0n) is 19.1. The number of nitrogens with one attached hydrogen (secondary N) is 1. The maximum atomic E-state index is 13.6. The number of carbonyl (C=O) groups excluding carboxylic acids is 2. The van der Waals surface area contributed by atoms with Crippen molar-refractivity contribution >= 4 is 84.7 Å². The molecule has 0 aliphatic carbocycles. The van der Waals surface area contributed by atoms with E-state index >= 15 is 0 Å². The highest BCUT2D eigenvalue weighted by atomic mass is 32.9. The first kappa shape index (κ1) is 25.6. The van der Waals surface area contributed by atoms with E-state index < -0.39 is 16.7 Å². The summed E-state index contributed by atoms with van der Waals surface area (Å²) in [6, 6.07) is 21.9. The summed E-state index contributed by atoms with van der Waals surface area (Å²) in [4.78, 5) is 45.6. The fourth-order valence-corrected chi connectivity index (χ4v) is 6.98. The molecule has 38 heavy (non-hydrogen) atoms. The molecule has 0 unspecified atom stereocenters. The van der Waals surface area contributed by atoms with Crippen LogP contribution in [0.2, 0.25) is 0 Å². The lowest BCUT2D eigenvalue weighted by Gasteiger charge is -2.36. The molecule has 0 radical (unpaired) electrons. The Hall–Kier alpha value is -4.04. The van der Waals surface area contributed by atoms with Crippen LogP contribution in [0.25, 0.3) is 6.08 Å². The number of anilines is 2. The predicted molar refractivity (Wildman–Crippen MR) is 151 cm³/mol. The standard InChI is InChI=1S/C25H15N5O4S4/c26-23-27-24(38-37-23)36-20-12-11-15(14-19(20)30(33)34)13-18-21(31)28(16-7-3-1-4-8-16)25(35)29(22(18)32)17-9-5-2-6-10-17/h1-14,26H. The summed E-state index contributed by atoms with van der Waals surface area (Å²) in [5.41, 5.74) is 0.870. The van der Waals surface area contributed by atoms with Crippen molar-refractivity contribution in [3.05, 3.63) is 105 Å². The third-order valence-electron chi connectivity index (χ3n) is 5.35. The van der Waals surface area contributed by atoms with E-state index in [1.807, 2.05) is 0 Å². The van der Waals surface area contributed by atoms with Gasteiger partial charge in [0.1, 0.15) is 5.57 Å². The number of thiocarbonyl (C=S) groups is 1. The first-order valence-electron chi connectivity index (χ1n) is 10.9. The van der Waals surface area contributed by atoms with Gasteiger partial charge in [-0.3, -0.25) is 34.9 Å². The van der Waals surface area contributed by atoms with Crippen LogP contribution in [-0.4, -0.2) is 26.8 Å². The normalized spacial score (nSPS) is 13.7. The van der Waals surface area contributed by atoms with Gasteiger partial charge in [-0.25, -0.2) is 4.98 Å². The minimum atomic E-state index is -0.633. The van der Waals surface area contributed by atoms with Gasteiger partial charge in [0.2, 0.25) is 4.80 Å². The Morgan fingerprint density at radius 1 is 0.921 bits per heavy atom. The quantitative estimate of drug-likeness (QED) is 0.0803. The summed E-state index contributed by atoms with van der Waals surface area (Å²) in [5.74, 6) is -1.27. The molecule has 1 aromatic heterocycles. The van der Waals surface area contributed by atoms with E-state index in [2.05, 4.69) is 4.98 Å². The fraction of sp³-hybridized carbons (Fsp3) is 0. The molecule has 0 bridgehead atoms. The smallest absolute Gasteiger partial charge is 0.273 e. The molecule has 9 nitrogen and oxygen atoms in total. The number of para-hydroxylation sites is 2. The molecule has 0 atom stereocenters. The van der Waals surface area contributed by atoms with Crippen LogP contribution < -0.4 is 14.6 Å². The Kier molecular flexibility index (Phi) is 7.24. The Balaban J connectivity index is 1.59. The maximum absolute atomic E-state index is 13.6. The minimum Gasteiger partial charge on any atom is -0.273 e. The molecule has 1 fully saturated rings. The number of nitro benzene ring substituents is 1. The van der Waals surface area contributed by atoms with Crippen LogP contribution in [0.3, 0.4) is 0 Å². The van der Waals surface area contributed by atoms with E-state index in [1.165, 1.54) is 38.3 Å². The molecule has 0 saturated carbocycles. The summed E-state index contributed by atoms with van der Waals surface area (Å²) >= 11 is 6.68. The lowest BCUT2D eigenvalue weighted by atomic mass is 10.0. The Labute approximate surface area is 232 Å². The van der Waals surface area contributed by atoms with Crippen molar-refractivity contribution in [3.63, 3.8) is 0 Å². The van der Waals surface area contributed by atoms with Crippen LogP contribution >= 0.6 is 44.7 Å². The number of carbonyl (C=O) groups is 2. The van der Waals surface area contributed by atoms with E-state index in [0.29, 0.717) is 26.2 Å². The van der Waals surface area contributed by atoms with Crippen molar-refractivity contribution in [1.82, 2.24) is 4.98 Å². The molecule has 1 aliphatic rings. The van der Waals surface area contributed by atoms with Crippen molar-refractivity contribution in [2.45, 2.75) is 9.24 Å². The van der Waals surface area contributed by atoms with Crippen molar-refractivity contribution < 1.29 is 14.5 Å². The second kappa shape index (κ2) is 10.8. The van der Waals surface area contributed by atoms with Crippen molar-refractivity contribution in [2.75, 3.05) is 9.80 Å². The van der Waals surface area contributed by atoms with Gasteiger partial charge in [-0.1, -0.05) is 54.2 Å². The summed E-state index contributed by atoms with van der Waals surface area (Å²) in [6.07, 6.45) is 1.34. The van der Waals surface area contributed by atoms with E-state index in [0.717, 1.165) is 22.1 Å².